The zero-order valence-corrected chi connectivity index (χ0v) is 13.1. The Morgan fingerprint density at radius 3 is 2.35 bits per heavy atom. The van der Waals surface area contributed by atoms with Crippen LogP contribution in [0.3, 0.4) is 0 Å². The number of nitrogens with zero attached hydrogens (tertiary/aromatic N) is 2. The van der Waals surface area contributed by atoms with Crippen molar-refractivity contribution >= 4 is 17.6 Å². The second-order valence-corrected chi connectivity index (χ2v) is 5.56. The summed E-state index contributed by atoms with van der Waals surface area (Å²) in [6, 6.07) is 6.92. The lowest BCUT2D eigenvalue weighted by molar-refractivity contribution is -0.135. The molecule has 0 saturated carbocycles. The van der Waals surface area contributed by atoms with Gasteiger partial charge in [0.1, 0.15) is 12.3 Å². The number of anilines is 1. The van der Waals surface area contributed by atoms with E-state index in [1.165, 1.54) is 4.90 Å². The first-order chi connectivity index (χ1) is 11.0. The van der Waals surface area contributed by atoms with Crippen molar-refractivity contribution in [2.45, 2.75) is 18.9 Å². The lowest BCUT2D eigenvalue weighted by Crippen LogP contribution is -2.46. The zero-order valence-electron chi connectivity index (χ0n) is 13.1. The first-order valence-corrected chi connectivity index (χ1v) is 7.56. The standard InChI is InChI=1S/C16H22N2O5/c1-23-14-4-2-12(3-5-14)18(11-16(21)22)10-15(20)17-8-6-13(19)7-9-17/h2-5,13,19H,6-11H2,1H3,(H,21,22). The maximum Gasteiger partial charge on any atom is 0.323 e. The number of aliphatic hydroxyl groups is 1. The van der Waals surface area contributed by atoms with E-state index in [-0.39, 0.29) is 25.1 Å². The highest BCUT2D eigenvalue weighted by Crippen LogP contribution is 2.20. The van der Waals surface area contributed by atoms with Crippen molar-refractivity contribution in [2.24, 2.45) is 0 Å². The maximum atomic E-state index is 12.4. The number of likely N-dealkylation sites (tertiary alicyclic amines) is 1. The predicted molar refractivity (Wildman–Crippen MR) is 84.7 cm³/mol. The van der Waals surface area contributed by atoms with Gasteiger partial charge in [-0.3, -0.25) is 9.59 Å². The second kappa shape index (κ2) is 7.82. The van der Waals surface area contributed by atoms with Crippen molar-refractivity contribution in [1.29, 1.82) is 0 Å². The summed E-state index contributed by atoms with van der Waals surface area (Å²) >= 11 is 0. The SMILES string of the molecule is COc1ccc(N(CC(=O)O)CC(=O)N2CCC(O)CC2)cc1. The van der Waals surface area contributed by atoms with E-state index in [9.17, 15) is 14.7 Å². The molecular formula is C16H22N2O5. The number of carboxylic acid groups (broad SMARTS) is 1. The summed E-state index contributed by atoms with van der Waals surface area (Å²) in [4.78, 5) is 26.7. The van der Waals surface area contributed by atoms with Gasteiger partial charge < -0.3 is 24.7 Å². The van der Waals surface area contributed by atoms with Gasteiger partial charge in [0.2, 0.25) is 5.91 Å². The molecule has 0 spiro atoms. The molecule has 0 aliphatic carbocycles. The summed E-state index contributed by atoms with van der Waals surface area (Å²) < 4.78 is 5.08. The van der Waals surface area contributed by atoms with Crippen molar-refractivity contribution in [1.82, 2.24) is 4.90 Å². The van der Waals surface area contributed by atoms with Crippen LogP contribution in [-0.2, 0) is 9.59 Å². The number of carbonyl (C=O) groups is 2. The molecule has 0 radical (unpaired) electrons. The van der Waals surface area contributed by atoms with E-state index in [4.69, 9.17) is 9.84 Å². The fourth-order valence-electron chi connectivity index (χ4n) is 2.57. The molecule has 1 aliphatic heterocycles. The number of benzene rings is 1. The van der Waals surface area contributed by atoms with E-state index >= 15 is 0 Å². The number of amides is 1. The number of carbonyl (C=O) groups excluding carboxylic acids is 1. The fourth-order valence-corrected chi connectivity index (χ4v) is 2.57. The van der Waals surface area contributed by atoms with E-state index in [1.54, 1.807) is 36.3 Å². The van der Waals surface area contributed by atoms with Crippen LogP contribution in [0.4, 0.5) is 5.69 Å². The minimum absolute atomic E-state index is 0.00523. The van der Waals surface area contributed by atoms with Crippen LogP contribution < -0.4 is 9.64 Å². The Bertz CT molecular complexity index is 538. The highest BCUT2D eigenvalue weighted by Gasteiger charge is 2.23. The van der Waals surface area contributed by atoms with Crippen LogP contribution >= 0.6 is 0 Å². The summed E-state index contributed by atoms with van der Waals surface area (Å²) in [5.74, 6) is -0.461. The molecule has 1 saturated heterocycles. The van der Waals surface area contributed by atoms with Crippen molar-refractivity contribution in [3.05, 3.63) is 24.3 Å². The molecule has 1 aliphatic rings. The average Bonchev–Trinajstić information content (AvgIpc) is 2.54. The Balaban J connectivity index is 2.05. The quantitative estimate of drug-likeness (QED) is 0.796. The third-order valence-electron chi connectivity index (χ3n) is 3.91. The molecule has 1 heterocycles. The summed E-state index contributed by atoms with van der Waals surface area (Å²) in [5, 5.41) is 18.6. The number of hydrogen-bond acceptors (Lipinski definition) is 5. The fraction of sp³-hybridized carbons (Fsp3) is 0.500. The van der Waals surface area contributed by atoms with Gasteiger partial charge in [-0.2, -0.15) is 0 Å². The van der Waals surface area contributed by atoms with Crippen LogP contribution in [-0.4, -0.2) is 66.4 Å². The van der Waals surface area contributed by atoms with Crippen molar-refractivity contribution in [2.75, 3.05) is 38.2 Å². The number of carboxylic acids is 1. The summed E-state index contributed by atoms with van der Waals surface area (Å²) in [7, 11) is 1.55. The third kappa shape index (κ3) is 4.85. The largest absolute Gasteiger partial charge is 0.497 e. The average molecular weight is 322 g/mol. The molecule has 1 aromatic carbocycles. The van der Waals surface area contributed by atoms with E-state index in [0.717, 1.165) is 0 Å². The topological polar surface area (TPSA) is 90.3 Å². The van der Waals surface area contributed by atoms with Gasteiger partial charge in [0.25, 0.3) is 0 Å². The van der Waals surface area contributed by atoms with E-state index in [0.29, 0.717) is 37.4 Å². The summed E-state index contributed by atoms with van der Waals surface area (Å²) in [6.07, 6.45) is 0.774. The van der Waals surface area contributed by atoms with E-state index in [1.807, 2.05) is 0 Å². The first-order valence-electron chi connectivity index (χ1n) is 7.56. The van der Waals surface area contributed by atoms with Gasteiger partial charge in [-0.25, -0.2) is 0 Å². The van der Waals surface area contributed by atoms with Gasteiger partial charge in [0, 0.05) is 18.8 Å². The Labute approximate surface area is 135 Å². The smallest absolute Gasteiger partial charge is 0.323 e. The predicted octanol–water partition coefficient (Wildman–Crippen LogP) is 0.569. The lowest BCUT2D eigenvalue weighted by Gasteiger charge is -2.32. The van der Waals surface area contributed by atoms with Gasteiger partial charge in [-0.1, -0.05) is 0 Å². The molecule has 7 heteroatoms. The number of piperidine rings is 1. The highest BCUT2D eigenvalue weighted by atomic mass is 16.5. The summed E-state index contributed by atoms with van der Waals surface area (Å²) in [6.45, 7) is 0.746. The number of aliphatic hydroxyl groups excluding tert-OH is 1. The Kier molecular flexibility index (Phi) is 5.81. The van der Waals surface area contributed by atoms with Crippen molar-refractivity contribution in [3.8, 4) is 5.75 Å². The minimum Gasteiger partial charge on any atom is -0.497 e. The molecule has 1 aromatic rings. The number of methoxy groups -OCH3 is 1. The Morgan fingerprint density at radius 1 is 1.22 bits per heavy atom. The van der Waals surface area contributed by atoms with E-state index in [2.05, 4.69) is 0 Å². The third-order valence-corrected chi connectivity index (χ3v) is 3.91. The van der Waals surface area contributed by atoms with Crippen molar-refractivity contribution < 1.29 is 24.5 Å². The van der Waals surface area contributed by atoms with Gasteiger partial charge in [0.15, 0.2) is 0 Å². The molecule has 126 valence electrons. The van der Waals surface area contributed by atoms with Crippen LogP contribution in [0.15, 0.2) is 24.3 Å². The lowest BCUT2D eigenvalue weighted by atomic mass is 10.1. The number of hydrogen-bond donors (Lipinski definition) is 2. The Morgan fingerprint density at radius 2 is 1.83 bits per heavy atom. The molecule has 2 N–H and O–H groups in total. The van der Waals surface area contributed by atoms with Crippen LogP contribution in [0.25, 0.3) is 0 Å². The molecule has 2 rings (SSSR count). The molecule has 1 fully saturated rings. The van der Waals surface area contributed by atoms with E-state index < -0.39 is 5.97 Å². The molecule has 0 aromatic heterocycles. The minimum atomic E-state index is -0.998. The van der Waals surface area contributed by atoms with Gasteiger partial charge in [0.05, 0.1) is 19.8 Å². The normalized spacial score (nSPS) is 15.3. The highest BCUT2D eigenvalue weighted by molar-refractivity contribution is 5.84. The van der Waals surface area contributed by atoms with Crippen LogP contribution in [0.5, 0.6) is 5.75 Å². The van der Waals surface area contributed by atoms with Gasteiger partial charge in [-0.05, 0) is 37.1 Å². The molecule has 7 nitrogen and oxygen atoms in total. The van der Waals surface area contributed by atoms with Gasteiger partial charge >= 0.3 is 5.97 Å². The molecule has 0 atom stereocenters. The molecule has 23 heavy (non-hydrogen) atoms. The number of rotatable bonds is 6. The molecule has 0 unspecified atom stereocenters. The molecular weight excluding hydrogens is 300 g/mol. The second-order valence-electron chi connectivity index (χ2n) is 5.56. The summed E-state index contributed by atoms with van der Waals surface area (Å²) in [5.41, 5.74) is 0.651. The molecule has 1 amide bonds. The van der Waals surface area contributed by atoms with Crippen LogP contribution in [0, 0.1) is 0 Å². The Hall–Kier alpha value is -2.28. The van der Waals surface area contributed by atoms with Crippen molar-refractivity contribution in [3.63, 3.8) is 0 Å². The zero-order chi connectivity index (χ0) is 16.8. The monoisotopic (exact) mass is 322 g/mol. The first kappa shape index (κ1) is 17.1. The number of aliphatic carboxylic acids is 1. The number of ether oxygens (including phenoxy) is 1. The maximum absolute atomic E-state index is 12.4. The van der Waals surface area contributed by atoms with Crippen LogP contribution in [0.2, 0.25) is 0 Å². The molecule has 0 bridgehead atoms. The van der Waals surface area contributed by atoms with Gasteiger partial charge in [-0.15, -0.1) is 0 Å². The van der Waals surface area contributed by atoms with Crippen LogP contribution in [0.1, 0.15) is 12.8 Å².